The molecule has 0 saturated heterocycles. The number of carbonyl (C=O) groups excluding carboxylic acids is 1. The number of amides is 1. The maximum absolute atomic E-state index is 12.2. The van der Waals surface area contributed by atoms with Gasteiger partial charge < -0.3 is 15.5 Å². The van der Waals surface area contributed by atoms with Gasteiger partial charge in [-0.2, -0.15) is 0 Å². The summed E-state index contributed by atoms with van der Waals surface area (Å²) in [5, 5.41) is 22.8. The number of carbonyl (C=O) groups is 1. The highest BCUT2D eigenvalue weighted by molar-refractivity contribution is 5.76. The Labute approximate surface area is 237 Å². The summed E-state index contributed by atoms with van der Waals surface area (Å²) < 4.78 is 0. The van der Waals surface area contributed by atoms with Crippen LogP contribution in [0.15, 0.2) is 24.3 Å². The van der Waals surface area contributed by atoms with Crippen molar-refractivity contribution in [3.05, 3.63) is 24.3 Å². The second-order valence-electron chi connectivity index (χ2n) is 11.2. The van der Waals surface area contributed by atoms with E-state index in [-0.39, 0.29) is 12.5 Å². The van der Waals surface area contributed by atoms with E-state index in [0.29, 0.717) is 6.42 Å². The quantitative estimate of drug-likeness (QED) is 0.0660. The highest BCUT2D eigenvalue weighted by atomic mass is 16.3. The Kier molecular flexibility index (Phi) is 29.5. The van der Waals surface area contributed by atoms with E-state index in [1.54, 1.807) is 6.08 Å². The molecule has 0 unspecified atom stereocenters. The summed E-state index contributed by atoms with van der Waals surface area (Å²) in [6, 6.07) is -0.624. The third-order valence-electron chi connectivity index (χ3n) is 7.43. The van der Waals surface area contributed by atoms with Crippen molar-refractivity contribution in [1.82, 2.24) is 5.32 Å². The summed E-state index contributed by atoms with van der Waals surface area (Å²) in [4.78, 5) is 12.2. The van der Waals surface area contributed by atoms with Gasteiger partial charge >= 0.3 is 0 Å². The second-order valence-corrected chi connectivity index (χ2v) is 11.2. The third kappa shape index (κ3) is 26.5. The van der Waals surface area contributed by atoms with Gasteiger partial charge in [-0.25, -0.2) is 0 Å². The smallest absolute Gasteiger partial charge is 0.220 e. The second kappa shape index (κ2) is 30.4. The van der Waals surface area contributed by atoms with Crippen molar-refractivity contribution in [2.24, 2.45) is 0 Å². The molecule has 0 fully saturated rings. The molecule has 1 amide bonds. The molecule has 2 atom stereocenters. The first-order chi connectivity index (χ1) is 18.7. The molecule has 224 valence electrons. The van der Waals surface area contributed by atoms with Gasteiger partial charge in [-0.15, -0.1) is 0 Å². The van der Waals surface area contributed by atoms with E-state index in [2.05, 4.69) is 31.3 Å². The van der Waals surface area contributed by atoms with E-state index in [4.69, 9.17) is 0 Å². The number of nitrogens with one attached hydrogen (secondary N) is 1. The third-order valence-corrected chi connectivity index (χ3v) is 7.43. The highest BCUT2D eigenvalue weighted by Crippen LogP contribution is 2.13. The van der Waals surface area contributed by atoms with Gasteiger partial charge in [0.25, 0.3) is 0 Å². The topological polar surface area (TPSA) is 69.6 Å². The number of aliphatic hydroxyl groups excluding tert-OH is 2. The van der Waals surface area contributed by atoms with Gasteiger partial charge in [0.05, 0.1) is 18.8 Å². The van der Waals surface area contributed by atoms with Crippen molar-refractivity contribution in [2.75, 3.05) is 6.61 Å². The van der Waals surface area contributed by atoms with E-state index in [1.807, 2.05) is 6.08 Å². The number of allylic oxidation sites excluding steroid dienone is 3. The molecule has 0 aromatic heterocycles. The largest absolute Gasteiger partial charge is 0.394 e. The van der Waals surface area contributed by atoms with E-state index in [1.165, 1.54) is 109 Å². The van der Waals surface area contributed by atoms with Crippen molar-refractivity contribution >= 4 is 5.91 Å². The number of unbranched alkanes of at least 4 members (excludes halogenated alkanes) is 20. The predicted octanol–water partition coefficient (Wildman–Crippen LogP) is 9.34. The molecular formula is C34H65NO3. The molecule has 0 radical (unpaired) electrons. The molecular weight excluding hydrogens is 470 g/mol. The van der Waals surface area contributed by atoms with E-state index in [9.17, 15) is 15.0 Å². The van der Waals surface area contributed by atoms with E-state index >= 15 is 0 Å². The number of hydrogen-bond acceptors (Lipinski definition) is 3. The number of rotatable bonds is 29. The summed E-state index contributed by atoms with van der Waals surface area (Å²) in [5.74, 6) is -0.0725. The molecule has 0 rings (SSSR count). The molecule has 3 N–H and O–H groups in total. The van der Waals surface area contributed by atoms with Crippen LogP contribution in [0.3, 0.4) is 0 Å². The van der Waals surface area contributed by atoms with Gasteiger partial charge in [-0.1, -0.05) is 141 Å². The van der Waals surface area contributed by atoms with Gasteiger partial charge in [0, 0.05) is 6.42 Å². The van der Waals surface area contributed by atoms with E-state index < -0.39 is 12.1 Å². The van der Waals surface area contributed by atoms with Crippen LogP contribution in [-0.4, -0.2) is 34.9 Å². The van der Waals surface area contributed by atoms with Gasteiger partial charge in [0.2, 0.25) is 5.91 Å². The molecule has 0 aliphatic carbocycles. The Hall–Kier alpha value is -1.13. The average molecular weight is 536 g/mol. The molecule has 0 aromatic rings. The summed E-state index contributed by atoms with van der Waals surface area (Å²) >= 11 is 0. The van der Waals surface area contributed by atoms with Gasteiger partial charge in [0.1, 0.15) is 0 Å². The lowest BCUT2D eigenvalue weighted by atomic mass is 10.0. The van der Waals surface area contributed by atoms with Crippen LogP contribution < -0.4 is 5.32 Å². The Balaban J connectivity index is 3.69. The Morgan fingerprint density at radius 1 is 0.605 bits per heavy atom. The fraction of sp³-hybridized carbons (Fsp3) is 0.853. The lowest BCUT2D eigenvalue weighted by molar-refractivity contribution is -0.123. The fourth-order valence-electron chi connectivity index (χ4n) is 4.82. The summed E-state index contributed by atoms with van der Waals surface area (Å²) in [7, 11) is 0. The van der Waals surface area contributed by atoms with Crippen LogP contribution in [-0.2, 0) is 4.79 Å². The van der Waals surface area contributed by atoms with Gasteiger partial charge in [-0.3, -0.25) is 4.79 Å². The Morgan fingerprint density at radius 2 is 1.00 bits per heavy atom. The Morgan fingerprint density at radius 3 is 1.47 bits per heavy atom. The summed E-state index contributed by atoms with van der Waals surface area (Å²) in [6.45, 7) is 4.26. The minimum atomic E-state index is -0.844. The zero-order valence-electron chi connectivity index (χ0n) is 25.4. The predicted molar refractivity (Wildman–Crippen MR) is 165 cm³/mol. The average Bonchev–Trinajstić information content (AvgIpc) is 2.92. The first-order valence-corrected chi connectivity index (χ1v) is 16.6. The van der Waals surface area contributed by atoms with Crippen molar-refractivity contribution in [3.8, 4) is 0 Å². The minimum Gasteiger partial charge on any atom is -0.394 e. The van der Waals surface area contributed by atoms with Crippen LogP contribution in [0.1, 0.15) is 168 Å². The van der Waals surface area contributed by atoms with Crippen LogP contribution >= 0.6 is 0 Å². The fourth-order valence-corrected chi connectivity index (χ4v) is 4.82. The minimum absolute atomic E-state index is 0.0725. The molecule has 0 spiro atoms. The molecule has 0 bridgehead atoms. The van der Waals surface area contributed by atoms with Gasteiger partial charge in [-0.05, 0) is 44.9 Å². The molecule has 0 heterocycles. The Bertz CT molecular complexity index is 546. The van der Waals surface area contributed by atoms with Crippen molar-refractivity contribution in [1.29, 1.82) is 0 Å². The monoisotopic (exact) mass is 535 g/mol. The normalized spacial score (nSPS) is 13.5. The standard InChI is InChI=1S/C34H65NO3/c1-3-5-7-9-11-13-15-17-19-21-23-25-27-29-33(37)32(31-36)35-34(38)30-28-26-24-22-20-18-16-14-12-10-8-6-4-2/h15,17,27,29,32-33,36-37H,3-14,16,18-26,28,30-31H2,1-2H3,(H,35,38)/b17-15+,29-27+/t32-,33+/m1/s1. The highest BCUT2D eigenvalue weighted by Gasteiger charge is 2.17. The van der Waals surface area contributed by atoms with Crippen LogP contribution in [0.2, 0.25) is 0 Å². The molecule has 4 nitrogen and oxygen atoms in total. The molecule has 4 heteroatoms. The van der Waals surface area contributed by atoms with Crippen LogP contribution in [0.5, 0.6) is 0 Å². The molecule has 0 aromatic carbocycles. The maximum atomic E-state index is 12.2. The summed E-state index contributed by atoms with van der Waals surface area (Å²) in [6.07, 6.45) is 36.8. The van der Waals surface area contributed by atoms with Crippen molar-refractivity contribution < 1.29 is 15.0 Å². The SMILES string of the molecule is CCCCCCC/C=C/CCCC/C=C/[C@H](O)[C@@H](CO)NC(=O)CCCCCCCCCCCCCCC. The summed E-state index contributed by atoms with van der Waals surface area (Å²) in [5.41, 5.74) is 0. The maximum Gasteiger partial charge on any atom is 0.220 e. The lowest BCUT2D eigenvalue weighted by Crippen LogP contribution is -2.45. The first-order valence-electron chi connectivity index (χ1n) is 16.6. The number of hydrogen-bond donors (Lipinski definition) is 3. The molecule has 0 aliphatic heterocycles. The van der Waals surface area contributed by atoms with Crippen LogP contribution in [0, 0.1) is 0 Å². The molecule has 0 aliphatic rings. The van der Waals surface area contributed by atoms with E-state index in [0.717, 1.165) is 38.5 Å². The van der Waals surface area contributed by atoms with Crippen LogP contribution in [0.25, 0.3) is 0 Å². The zero-order chi connectivity index (χ0) is 27.9. The molecule has 0 saturated carbocycles. The van der Waals surface area contributed by atoms with Gasteiger partial charge in [0.15, 0.2) is 0 Å². The van der Waals surface area contributed by atoms with Crippen LogP contribution in [0.4, 0.5) is 0 Å². The first kappa shape index (κ1) is 36.9. The lowest BCUT2D eigenvalue weighted by Gasteiger charge is -2.20. The van der Waals surface area contributed by atoms with Crippen molar-refractivity contribution in [2.45, 2.75) is 180 Å². The number of aliphatic hydroxyl groups is 2. The van der Waals surface area contributed by atoms with Crippen molar-refractivity contribution in [3.63, 3.8) is 0 Å². The zero-order valence-corrected chi connectivity index (χ0v) is 25.4. The molecule has 38 heavy (non-hydrogen) atoms.